The monoisotopic (exact) mass is 259 g/mol. The molecule has 1 fully saturated rings. The van der Waals surface area contributed by atoms with Gasteiger partial charge in [-0.3, -0.25) is 4.79 Å². The van der Waals surface area contributed by atoms with Gasteiger partial charge in [-0.2, -0.15) is 13.2 Å². The predicted octanol–water partition coefficient (Wildman–Crippen LogP) is 1.87. The minimum Gasteiger partial charge on any atom is -0.396 e. The molecule has 1 saturated carbocycles. The highest BCUT2D eigenvalue weighted by Crippen LogP contribution is 2.51. The van der Waals surface area contributed by atoms with E-state index in [0.29, 0.717) is 0 Å². The van der Waals surface area contributed by atoms with Crippen molar-refractivity contribution in [3.63, 3.8) is 0 Å². The standard InChI is InChI=1S/C11H12F3N3O/c12-11(13,14)10(4-5-10)17-7-3-1-2-6(8(7)15)9(16)18/h1-3,17H,4-5,15H2,(H2,16,18). The van der Waals surface area contributed by atoms with Crippen molar-refractivity contribution < 1.29 is 18.0 Å². The number of nitrogen functional groups attached to an aromatic ring is 1. The van der Waals surface area contributed by atoms with Gasteiger partial charge in [0.25, 0.3) is 5.91 Å². The Balaban J connectivity index is 2.31. The smallest absolute Gasteiger partial charge is 0.396 e. The van der Waals surface area contributed by atoms with Gasteiger partial charge in [0.15, 0.2) is 0 Å². The second kappa shape index (κ2) is 3.79. The average Bonchev–Trinajstić information content (AvgIpc) is 3.01. The van der Waals surface area contributed by atoms with E-state index in [0.717, 1.165) is 0 Å². The van der Waals surface area contributed by atoms with Gasteiger partial charge in [-0.25, -0.2) is 0 Å². The molecule has 0 unspecified atom stereocenters. The number of anilines is 2. The number of rotatable bonds is 3. The summed E-state index contributed by atoms with van der Waals surface area (Å²) >= 11 is 0. The molecule has 0 heterocycles. The second-order valence-electron chi connectivity index (χ2n) is 4.34. The summed E-state index contributed by atoms with van der Waals surface area (Å²) in [6.07, 6.45) is -4.35. The molecule has 1 amide bonds. The topological polar surface area (TPSA) is 81.1 Å². The molecule has 0 atom stereocenters. The van der Waals surface area contributed by atoms with Crippen molar-refractivity contribution in [3.8, 4) is 0 Å². The van der Waals surface area contributed by atoms with E-state index in [4.69, 9.17) is 11.5 Å². The zero-order valence-electron chi connectivity index (χ0n) is 9.34. The highest BCUT2D eigenvalue weighted by molar-refractivity contribution is 6.00. The van der Waals surface area contributed by atoms with E-state index in [9.17, 15) is 18.0 Å². The molecule has 1 aliphatic carbocycles. The lowest BCUT2D eigenvalue weighted by atomic mass is 10.1. The van der Waals surface area contributed by atoms with Crippen LogP contribution in [0.5, 0.6) is 0 Å². The molecule has 0 aromatic heterocycles. The van der Waals surface area contributed by atoms with Gasteiger partial charge < -0.3 is 16.8 Å². The van der Waals surface area contributed by atoms with Crippen LogP contribution in [-0.2, 0) is 0 Å². The Kier molecular flexibility index (Phi) is 2.64. The van der Waals surface area contributed by atoms with Crippen LogP contribution in [0.15, 0.2) is 18.2 Å². The molecule has 4 nitrogen and oxygen atoms in total. The third-order valence-electron chi connectivity index (χ3n) is 3.04. The number of hydrogen-bond donors (Lipinski definition) is 3. The third-order valence-corrected chi connectivity index (χ3v) is 3.04. The lowest BCUT2D eigenvalue weighted by Gasteiger charge is -2.23. The molecule has 18 heavy (non-hydrogen) atoms. The number of carbonyl (C=O) groups excluding carboxylic acids is 1. The zero-order valence-corrected chi connectivity index (χ0v) is 9.34. The molecular weight excluding hydrogens is 247 g/mol. The summed E-state index contributed by atoms with van der Waals surface area (Å²) in [5.74, 6) is -0.770. The Morgan fingerprint density at radius 3 is 2.39 bits per heavy atom. The molecule has 98 valence electrons. The average molecular weight is 259 g/mol. The van der Waals surface area contributed by atoms with Crippen LogP contribution in [0.2, 0.25) is 0 Å². The van der Waals surface area contributed by atoms with Gasteiger partial charge in [0.2, 0.25) is 0 Å². The summed E-state index contributed by atoms with van der Waals surface area (Å²) in [7, 11) is 0. The minimum absolute atomic E-state index is 0.00324. The van der Waals surface area contributed by atoms with Crippen molar-refractivity contribution in [2.24, 2.45) is 5.73 Å². The highest BCUT2D eigenvalue weighted by Gasteiger charge is 2.63. The number of amides is 1. The van der Waals surface area contributed by atoms with Gasteiger partial charge in [0.1, 0.15) is 5.54 Å². The zero-order chi connectivity index (χ0) is 13.6. The van der Waals surface area contributed by atoms with E-state index in [2.05, 4.69) is 5.32 Å². The van der Waals surface area contributed by atoms with Crippen molar-refractivity contribution in [2.75, 3.05) is 11.1 Å². The van der Waals surface area contributed by atoms with Crippen LogP contribution in [0.25, 0.3) is 0 Å². The predicted molar refractivity (Wildman–Crippen MR) is 61.0 cm³/mol. The fourth-order valence-corrected chi connectivity index (χ4v) is 1.75. The SMILES string of the molecule is NC(=O)c1cccc(NC2(C(F)(F)F)CC2)c1N. The lowest BCUT2D eigenvalue weighted by Crippen LogP contribution is -2.39. The van der Waals surface area contributed by atoms with Crippen LogP contribution in [0, 0.1) is 0 Å². The first kappa shape index (κ1) is 12.5. The van der Waals surface area contributed by atoms with Crippen molar-refractivity contribution in [1.82, 2.24) is 0 Å². The van der Waals surface area contributed by atoms with Crippen LogP contribution in [-0.4, -0.2) is 17.6 Å². The van der Waals surface area contributed by atoms with Crippen LogP contribution in [0.3, 0.4) is 0 Å². The van der Waals surface area contributed by atoms with Gasteiger partial charge in [-0.1, -0.05) is 6.07 Å². The first-order chi connectivity index (χ1) is 8.27. The van der Waals surface area contributed by atoms with Gasteiger partial charge in [0, 0.05) is 0 Å². The molecule has 1 aromatic rings. The maximum absolute atomic E-state index is 12.8. The first-order valence-electron chi connectivity index (χ1n) is 5.30. The largest absolute Gasteiger partial charge is 0.411 e. The number of carbonyl (C=O) groups is 1. The molecular formula is C11H12F3N3O. The number of benzene rings is 1. The van der Waals surface area contributed by atoms with Crippen molar-refractivity contribution in [3.05, 3.63) is 23.8 Å². The second-order valence-corrected chi connectivity index (χ2v) is 4.34. The molecule has 0 spiro atoms. The maximum atomic E-state index is 12.8. The van der Waals surface area contributed by atoms with E-state index in [1.54, 1.807) is 0 Å². The number of nitrogens with two attached hydrogens (primary N) is 2. The molecule has 2 rings (SSSR count). The van der Waals surface area contributed by atoms with Gasteiger partial charge in [-0.15, -0.1) is 0 Å². The molecule has 0 saturated heterocycles. The number of halogens is 3. The molecule has 0 aliphatic heterocycles. The quantitative estimate of drug-likeness (QED) is 0.725. The number of hydrogen-bond acceptors (Lipinski definition) is 3. The van der Waals surface area contributed by atoms with E-state index in [-0.39, 0.29) is 29.8 Å². The summed E-state index contributed by atoms with van der Waals surface area (Å²) in [6, 6.07) is 4.20. The molecule has 0 radical (unpaired) electrons. The summed E-state index contributed by atoms with van der Waals surface area (Å²) in [4.78, 5) is 11.0. The molecule has 1 aromatic carbocycles. The third kappa shape index (κ3) is 1.96. The van der Waals surface area contributed by atoms with E-state index in [1.807, 2.05) is 0 Å². The highest BCUT2D eigenvalue weighted by atomic mass is 19.4. The van der Waals surface area contributed by atoms with Gasteiger partial charge in [-0.05, 0) is 25.0 Å². The Labute approximate surface area is 101 Å². The Morgan fingerprint density at radius 2 is 1.94 bits per heavy atom. The minimum atomic E-state index is -4.35. The van der Waals surface area contributed by atoms with Gasteiger partial charge >= 0.3 is 6.18 Å². The van der Waals surface area contributed by atoms with Crippen LogP contribution >= 0.6 is 0 Å². The maximum Gasteiger partial charge on any atom is 0.411 e. The summed E-state index contributed by atoms with van der Waals surface area (Å²) in [5.41, 5.74) is 8.83. The number of nitrogens with one attached hydrogen (secondary N) is 1. The number of para-hydroxylation sites is 1. The molecule has 5 N–H and O–H groups in total. The molecule has 7 heteroatoms. The van der Waals surface area contributed by atoms with Gasteiger partial charge in [0.05, 0.1) is 16.9 Å². The van der Waals surface area contributed by atoms with E-state index < -0.39 is 17.6 Å². The van der Waals surface area contributed by atoms with Crippen LogP contribution in [0.4, 0.5) is 24.5 Å². The summed E-state index contributed by atoms with van der Waals surface area (Å²) in [5, 5.41) is 2.38. The fourth-order valence-electron chi connectivity index (χ4n) is 1.75. The van der Waals surface area contributed by atoms with E-state index in [1.165, 1.54) is 18.2 Å². The molecule has 1 aliphatic rings. The summed E-state index contributed by atoms with van der Waals surface area (Å²) < 4.78 is 38.3. The van der Waals surface area contributed by atoms with Crippen molar-refractivity contribution in [2.45, 2.75) is 24.6 Å². The Morgan fingerprint density at radius 1 is 1.33 bits per heavy atom. The lowest BCUT2D eigenvalue weighted by molar-refractivity contribution is -0.151. The Hall–Kier alpha value is -1.92. The summed E-state index contributed by atoms with van der Waals surface area (Å²) in [6.45, 7) is 0. The number of alkyl halides is 3. The number of primary amides is 1. The Bertz CT molecular complexity index is 495. The fraction of sp³-hybridized carbons (Fsp3) is 0.364. The van der Waals surface area contributed by atoms with Crippen molar-refractivity contribution in [1.29, 1.82) is 0 Å². The van der Waals surface area contributed by atoms with Crippen LogP contribution in [0.1, 0.15) is 23.2 Å². The van der Waals surface area contributed by atoms with E-state index >= 15 is 0 Å². The van der Waals surface area contributed by atoms with Crippen LogP contribution < -0.4 is 16.8 Å². The van der Waals surface area contributed by atoms with Crippen molar-refractivity contribution >= 4 is 17.3 Å². The normalized spacial score (nSPS) is 17.3. The first-order valence-corrected chi connectivity index (χ1v) is 5.30. The molecule has 0 bridgehead atoms.